The number of methoxy groups -OCH3 is 1. The van der Waals surface area contributed by atoms with Gasteiger partial charge in [-0.1, -0.05) is 6.92 Å². The molecule has 0 saturated carbocycles. The number of likely N-dealkylation sites (N-methyl/N-ethyl adjacent to an activating group) is 1. The first-order valence-electron chi connectivity index (χ1n) is 6.39. The fraction of sp³-hybridized carbons (Fsp3) is 0.917. The first-order chi connectivity index (χ1) is 8.17. The number of hydrogen-bond acceptors (Lipinski definition) is 4. The molecule has 1 amide bonds. The van der Waals surface area contributed by atoms with E-state index >= 15 is 0 Å². The quantitative estimate of drug-likeness (QED) is 0.700. The average Bonchev–Trinajstić information content (AvgIpc) is 2.36. The summed E-state index contributed by atoms with van der Waals surface area (Å²) in [5, 5.41) is 2.89. The molecule has 0 spiro atoms. The zero-order chi connectivity index (χ0) is 12.7. The third-order valence-electron chi connectivity index (χ3n) is 3.35. The Hall–Kier alpha value is -0.650. The Morgan fingerprint density at radius 2 is 2.00 bits per heavy atom. The minimum absolute atomic E-state index is 0.0356. The van der Waals surface area contributed by atoms with E-state index in [1.165, 1.54) is 7.11 Å². The molecule has 0 aliphatic carbocycles. The van der Waals surface area contributed by atoms with Crippen molar-refractivity contribution in [3.8, 4) is 0 Å². The third kappa shape index (κ3) is 5.02. The maximum absolute atomic E-state index is 11.3. The van der Waals surface area contributed by atoms with Gasteiger partial charge in [0, 0.05) is 45.9 Å². The van der Waals surface area contributed by atoms with Crippen LogP contribution < -0.4 is 5.32 Å². The van der Waals surface area contributed by atoms with Gasteiger partial charge in [0.05, 0.1) is 0 Å². The zero-order valence-corrected chi connectivity index (χ0v) is 11.2. The number of carbonyl (C=O) groups excluding carboxylic acids is 1. The first kappa shape index (κ1) is 14.4. The Morgan fingerprint density at radius 3 is 2.53 bits per heavy atom. The molecular formula is C12H25N3O2. The Bertz CT molecular complexity index is 228. The van der Waals surface area contributed by atoms with Crippen molar-refractivity contribution in [2.24, 2.45) is 0 Å². The summed E-state index contributed by atoms with van der Waals surface area (Å²) >= 11 is 0. The lowest BCUT2D eigenvalue weighted by Gasteiger charge is -2.37. The minimum atomic E-state index is -0.0356. The highest BCUT2D eigenvalue weighted by atomic mass is 16.5. The predicted molar refractivity (Wildman–Crippen MR) is 68.0 cm³/mol. The van der Waals surface area contributed by atoms with Gasteiger partial charge in [0.1, 0.15) is 6.61 Å². The first-order valence-corrected chi connectivity index (χ1v) is 6.39. The number of rotatable bonds is 6. The minimum Gasteiger partial charge on any atom is -0.375 e. The van der Waals surface area contributed by atoms with Gasteiger partial charge in [-0.3, -0.25) is 9.69 Å². The molecule has 1 aliphatic rings. The van der Waals surface area contributed by atoms with E-state index in [0.29, 0.717) is 12.6 Å². The van der Waals surface area contributed by atoms with Crippen LogP contribution in [0, 0.1) is 0 Å². The van der Waals surface area contributed by atoms with E-state index in [1.807, 2.05) is 0 Å². The Balaban J connectivity index is 2.20. The van der Waals surface area contributed by atoms with Crippen LogP contribution in [0.15, 0.2) is 0 Å². The summed E-state index contributed by atoms with van der Waals surface area (Å²) < 4.78 is 4.78. The monoisotopic (exact) mass is 243 g/mol. The topological polar surface area (TPSA) is 44.8 Å². The van der Waals surface area contributed by atoms with E-state index in [2.05, 4.69) is 29.0 Å². The molecule has 1 aliphatic heterocycles. The summed E-state index contributed by atoms with van der Waals surface area (Å²) in [6.45, 7) is 10.8. The highest BCUT2D eigenvalue weighted by Gasteiger charge is 2.20. The van der Waals surface area contributed by atoms with Crippen LogP contribution in [0.3, 0.4) is 0 Å². The molecule has 17 heavy (non-hydrogen) atoms. The second kappa shape index (κ2) is 7.63. The summed E-state index contributed by atoms with van der Waals surface area (Å²) in [4.78, 5) is 16.1. The van der Waals surface area contributed by atoms with Gasteiger partial charge in [0.25, 0.3) is 0 Å². The van der Waals surface area contributed by atoms with Gasteiger partial charge >= 0.3 is 0 Å². The standard InChI is InChI=1S/C12H25N3O2/c1-4-14-5-7-15(8-6-14)11(2)9-13-12(16)10-17-3/h11H,4-10H2,1-3H3,(H,13,16)/t11-/m1/s1. The molecule has 1 fully saturated rings. The van der Waals surface area contributed by atoms with Crippen LogP contribution in [0.1, 0.15) is 13.8 Å². The molecule has 1 saturated heterocycles. The number of carbonyl (C=O) groups is 1. The maximum atomic E-state index is 11.3. The molecule has 1 atom stereocenters. The fourth-order valence-electron chi connectivity index (χ4n) is 2.09. The largest absolute Gasteiger partial charge is 0.375 e. The van der Waals surface area contributed by atoms with Gasteiger partial charge in [-0.05, 0) is 13.5 Å². The van der Waals surface area contributed by atoms with Crippen LogP contribution >= 0.6 is 0 Å². The highest BCUT2D eigenvalue weighted by Crippen LogP contribution is 2.05. The van der Waals surface area contributed by atoms with Crippen molar-refractivity contribution in [2.75, 3.05) is 53.0 Å². The van der Waals surface area contributed by atoms with Gasteiger partial charge in [-0.2, -0.15) is 0 Å². The van der Waals surface area contributed by atoms with E-state index in [-0.39, 0.29) is 12.5 Å². The number of amides is 1. The summed E-state index contributed by atoms with van der Waals surface area (Å²) in [5.74, 6) is -0.0356. The summed E-state index contributed by atoms with van der Waals surface area (Å²) in [6.07, 6.45) is 0. The van der Waals surface area contributed by atoms with Crippen LogP contribution in [-0.2, 0) is 9.53 Å². The maximum Gasteiger partial charge on any atom is 0.246 e. The van der Waals surface area contributed by atoms with Crippen molar-refractivity contribution in [2.45, 2.75) is 19.9 Å². The molecule has 5 heteroatoms. The number of ether oxygens (including phenoxy) is 1. The lowest BCUT2D eigenvalue weighted by atomic mass is 10.2. The fourth-order valence-corrected chi connectivity index (χ4v) is 2.09. The Morgan fingerprint density at radius 1 is 1.35 bits per heavy atom. The van der Waals surface area contributed by atoms with Crippen molar-refractivity contribution in [1.82, 2.24) is 15.1 Å². The van der Waals surface area contributed by atoms with Gasteiger partial charge in [-0.15, -0.1) is 0 Å². The van der Waals surface area contributed by atoms with Crippen molar-refractivity contribution in [3.63, 3.8) is 0 Å². The van der Waals surface area contributed by atoms with Gasteiger partial charge in [0.2, 0.25) is 5.91 Å². The van der Waals surface area contributed by atoms with Crippen LogP contribution in [0.25, 0.3) is 0 Å². The molecule has 1 N–H and O–H groups in total. The lowest BCUT2D eigenvalue weighted by molar-refractivity contribution is -0.125. The van der Waals surface area contributed by atoms with Crippen LogP contribution in [0.2, 0.25) is 0 Å². The summed E-state index contributed by atoms with van der Waals surface area (Å²) in [5.41, 5.74) is 0. The Kier molecular flexibility index (Phi) is 6.47. The average molecular weight is 243 g/mol. The highest BCUT2D eigenvalue weighted by molar-refractivity contribution is 5.77. The SMILES string of the molecule is CCN1CCN([C@H](C)CNC(=O)COC)CC1. The molecule has 0 aromatic rings. The normalized spacial score (nSPS) is 20.2. The summed E-state index contributed by atoms with van der Waals surface area (Å²) in [7, 11) is 1.53. The molecule has 100 valence electrons. The van der Waals surface area contributed by atoms with Gasteiger partial charge in [-0.25, -0.2) is 0 Å². The number of hydrogen-bond donors (Lipinski definition) is 1. The van der Waals surface area contributed by atoms with E-state index in [4.69, 9.17) is 4.74 Å². The van der Waals surface area contributed by atoms with Crippen molar-refractivity contribution in [1.29, 1.82) is 0 Å². The molecule has 0 aromatic heterocycles. The predicted octanol–water partition coefficient (Wildman–Crippen LogP) is -0.225. The molecule has 1 rings (SSSR count). The van der Waals surface area contributed by atoms with E-state index < -0.39 is 0 Å². The zero-order valence-electron chi connectivity index (χ0n) is 11.2. The number of nitrogens with zero attached hydrogens (tertiary/aromatic N) is 2. The van der Waals surface area contributed by atoms with Gasteiger partial charge in [0.15, 0.2) is 0 Å². The third-order valence-corrected chi connectivity index (χ3v) is 3.35. The van der Waals surface area contributed by atoms with Crippen molar-refractivity contribution in [3.05, 3.63) is 0 Å². The van der Waals surface area contributed by atoms with Crippen molar-refractivity contribution < 1.29 is 9.53 Å². The van der Waals surface area contributed by atoms with Gasteiger partial charge < -0.3 is 15.0 Å². The molecule has 0 aromatic carbocycles. The van der Waals surface area contributed by atoms with E-state index in [0.717, 1.165) is 32.7 Å². The Labute approximate surface area is 104 Å². The smallest absolute Gasteiger partial charge is 0.246 e. The molecular weight excluding hydrogens is 218 g/mol. The number of nitrogens with one attached hydrogen (secondary N) is 1. The van der Waals surface area contributed by atoms with E-state index in [1.54, 1.807) is 0 Å². The second-order valence-electron chi connectivity index (χ2n) is 4.56. The molecule has 5 nitrogen and oxygen atoms in total. The molecule has 1 heterocycles. The summed E-state index contributed by atoms with van der Waals surface area (Å²) in [6, 6.07) is 0.398. The van der Waals surface area contributed by atoms with E-state index in [9.17, 15) is 4.79 Å². The van der Waals surface area contributed by atoms with Crippen LogP contribution in [0.4, 0.5) is 0 Å². The number of piperazine rings is 1. The van der Waals surface area contributed by atoms with Crippen LogP contribution in [-0.4, -0.2) is 74.7 Å². The van der Waals surface area contributed by atoms with Crippen molar-refractivity contribution >= 4 is 5.91 Å². The molecule has 0 radical (unpaired) electrons. The molecule has 0 bridgehead atoms. The van der Waals surface area contributed by atoms with Crippen LogP contribution in [0.5, 0.6) is 0 Å². The lowest BCUT2D eigenvalue weighted by Crippen LogP contribution is -2.52. The second-order valence-corrected chi connectivity index (χ2v) is 4.56. The molecule has 0 unspecified atom stereocenters.